The summed E-state index contributed by atoms with van der Waals surface area (Å²) in [5.74, 6) is 0. The first-order valence-corrected chi connectivity index (χ1v) is 4.58. The van der Waals surface area contributed by atoms with Gasteiger partial charge in [0.25, 0.3) is 0 Å². The van der Waals surface area contributed by atoms with Crippen LogP contribution in [0.3, 0.4) is 0 Å². The maximum absolute atomic E-state index is 8.24. The van der Waals surface area contributed by atoms with Crippen molar-refractivity contribution in [3.8, 4) is 6.07 Å². The first-order chi connectivity index (χ1) is 6.84. The maximum Gasteiger partial charge on any atom is 0.0855 e. The molecule has 0 saturated carbocycles. The number of nitrogens with zero attached hydrogens (tertiary/aromatic N) is 2. The van der Waals surface area contributed by atoms with Gasteiger partial charge in [-0.3, -0.25) is 4.99 Å². The van der Waals surface area contributed by atoms with E-state index in [1.807, 2.05) is 38.1 Å². The maximum atomic E-state index is 8.24. The Balaban J connectivity index is 0.000000791. The van der Waals surface area contributed by atoms with Crippen LogP contribution in [-0.2, 0) is 0 Å². The molecule has 3 nitrogen and oxygen atoms in total. The van der Waals surface area contributed by atoms with Gasteiger partial charge in [-0.05, 0) is 12.1 Å². The van der Waals surface area contributed by atoms with Gasteiger partial charge < -0.3 is 5.73 Å². The molecule has 0 aliphatic heterocycles. The summed E-state index contributed by atoms with van der Waals surface area (Å²) in [5.41, 5.74) is 6.95. The van der Waals surface area contributed by atoms with Gasteiger partial charge in [0.2, 0.25) is 0 Å². The van der Waals surface area contributed by atoms with Crippen LogP contribution in [0.4, 0.5) is 11.4 Å². The molecular formula is C11H15N3. The second-order valence-corrected chi connectivity index (χ2v) is 2.23. The number of anilines is 1. The fourth-order valence-corrected chi connectivity index (χ4v) is 0.790. The molecule has 1 rings (SSSR count). The zero-order chi connectivity index (χ0) is 10.8. The molecule has 0 aromatic heterocycles. The van der Waals surface area contributed by atoms with Gasteiger partial charge in [-0.2, -0.15) is 5.26 Å². The van der Waals surface area contributed by atoms with Crippen molar-refractivity contribution in [1.29, 1.82) is 5.26 Å². The first-order valence-electron chi connectivity index (χ1n) is 4.58. The van der Waals surface area contributed by atoms with E-state index in [9.17, 15) is 0 Å². The highest BCUT2D eigenvalue weighted by Gasteiger charge is 1.91. The van der Waals surface area contributed by atoms with Gasteiger partial charge in [-0.15, -0.1) is 0 Å². The molecule has 0 saturated heterocycles. The molecule has 1 aromatic rings. The number of nitrogens with two attached hydrogens (primary N) is 1. The zero-order valence-corrected chi connectivity index (χ0v) is 8.57. The normalized spacial score (nSPS) is 8.93. The number of hydrogen-bond acceptors (Lipinski definition) is 3. The van der Waals surface area contributed by atoms with Gasteiger partial charge in [0.1, 0.15) is 0 Å². The lowest BCUT2D eigenvalue weighted by Gasteiger charge is -1.96. The Morgan fingerprint density at radius 2 is 2.07 bits per heavy atom. The number of para-hydroxylation sites is 2. The number of nitrogen functional groups attached to an aromatic ring is 1. The molecule has 74 valence electrons. The Morgan fingerprint density at radius 3 is 2.64 bits per heavy atom. The minimum atomic E-state index is 0.314. The molecule has 0 fully saturated rings. The number of rotatable bonds is 2. The highest BCUT2D eigenvalue weighted by molar-refractivity contribution is 5.71. The van der Waals surface area contributed by atoms with Crippen molar-refractivity contribution in [2.75, 3.05) is 5.73 Å². The van der Waals surface area contributed by atoms with Gasteiger partial charge >= 0.3 is 0 Å². The summed E-state index contributed by atoms with van der Waals surface area (Å²) >= 11 is 0. The lowest BCUT2D eigenvalue weighted by atomic mass is 10.3. The molecule has 0 atom stereocenters. The van der Waals surface area contributed by atoms with E-state index in [-0.39, 0.29) is 0 Å². The standard InChI is InChI=1S/C9H9N3.C2H6/c10-6-3-7-12-9-5-2-1-4-8(9)11;1-2/h1-2,4-5,7H,3,11H2;1-2H3. The molecule has 0 unspecified atom stereocenters. The third-order valence-electron chi connectivity index (χ3n) is 1.35. The summed E-state index contributed by atoms with van der Waals surface area (Å²) < 4.78 is 0. The van der Waals surface area contributed by atoms with Crippen molar-refractivity contribution in [1.82, 2.24) is 0 Å². The van der Waals surface area contributed by atoms with E-state index >= 15 is 0 Å². The Kier molecular flexibility index (Phi) is 6.79. The van der Waals surface area contributed by atoms with Gasteiger partial charge in [-0.25, -0.2) is 0 Å². The summed E-state index contributed by atoms with van der Waals surface area (Å²) in [7, 11) is 0. The van der Waals surface area contributed by atoms with E-state index in [1.54, 1.807) is 12.3 Å². The van der Waals surface area contributed by atoms with E-state index in [0.29, 0.717) is 17.8 Å². The van der Waals surface area contributed by atoms with Crippen LogP contribution in [-0.4, -0.2) is 6.21 Å². The second-order valence-electron chi connectivity index (χ2n) is 2.23. The summed E-state index contributed by atoms with van der Waals surface area (Å²) in [6.07, 6.45) is 1.86. The minimum Gasteiger partial charge on any atom is -0.397 e. The molecule has 0 spiro atoms. The van der Waals surface area contributed by atoms with Crippen molar-refractivity contribution in [2.24, 2.45) is 4.99 Å². The largest absolute Gasteiger partial charge is 0.397 e. The van der Waals surface area contributed by atoms with Crippen LogP contribution in [0.1, 0.15) is 20.3 Å². The van der Waals surface area contributed by atoms with Crippen LogP contribution in [0.2, 0.25) is 0 Å². The van der Waals surface area contributed by atoms with Gasteiger partial charge in [0, 0.05) is 6.21 Å². The quantitative estimate of drug-likeness (QED) is 0.574. The zero-order valence-electron chi connectivity index (χ0n) is 8.57. The predicted octanol–water partition coefficient (Wildman–Crippen LogP) is 2.91. The summed E-state index contributed by atoms with van der Waals surface area (Å²) in [4.78, 5) is 4.02. The number of hydrogen-bond donors (Lipinski definition) is 1. The van der Waals surface area contributed by atoms with Crippen LogP contribution in [0.5, 0.6) is 0 Å². The van der Waals surface area contributed by atoms with Crippen LogP contribution in [0, 0.1) is 11.3 Å². The smallest absolute Gasteiger partial charge is 0.0855 e. The third-order valence-corrected chi connectivity index (χ3v) is 1.35. The van der Waals surface area contributed by atoms with E-state index in [2.05, 4.69) is 4.99 Å². The van der Waals surface area contributed by atoms with Crippen molar-refractivity contribution in [3.63, 3.8) is 0 Å². The Hall–Kier alpha value is -1.82. The first kappa shape index (κ1) is 12.2. The molecule has 0 heterocycles. The lowest BCUT2D eigenvalue weighted by Crippen LogP contribution is -1.83. The molecule has 0 amide bonds. The van der Waals surface area contributed by atoms with E-state index in [0.717, 1.165) is 0 Å². The molecular weight excluding hydrogens is 174 g/mol. The predicted molar refractivity (Wildman–Crippen MR) is 60.6 cm³/mol. The SMILES string of the molecule is CC.N#CCC=Nc1ccccc1N. The highest BCUT2D eigenvalue weighted by atomic mass is 14.8. The third kappa shape index (κ3) is 4.27. The lowest BCUT2D eigenvalue weighted by molar-refractivity contribution is 1.41. The van der Waals surface area contributed by atoms with Gasteiger partial charge in [0.05, 0.1) is 23.9 Å². The topological polar surface area (TPSA) is 62.2 Å². The number of benzene rings is 1. The molecule has 3 heteroatoms. The molecule has 0 aliphatic carbocycles. The Labute approximate surface area is 84.9 Å². The Morgan fingerprint density at radius 1 is 1.43 bits per heavy atom. The summed E-state index contributed by atoms with van der Waals surface area (Å²) in [6.45, 7) is 4.00. The average Bonchev–Trinajstić information content (AvgIpc) is 2.24. The minimum absolute atomic E-state index is 0.314. The average molecular weight is 189 g/mol. The van der Waals surface area contributed by atoms with Crippen molar-refractivity contribution in [2.45, 2.75) is 20.3 Å². The van der Waals surface area contributed by atoms with E-state index in [4.69, 9.17) is 11.0 Å². The number of nitriles is 1. The fourth-order valence-electron chi connectivity index (χ4n) is 0.790. The molecule has 0 aliphatic rings. The van der Waals surface area contributed by atoms with Gasteiger partial charge in [0.15, 0.2) is 0 Å². The molecule has 1 aromatic carbocycles. The van der Waals surface area contributed by atoms with E-state index in [1.165, 1.54) is 0 Å². The summed E-state index contributed by atoms with van der Waals surface area (Å²) in [5, 5.41) is 8.24. The molecule has 0 radical (unpaired) electrons. The molecule has 0 bridgehead atoms. The van der Waals surface area contributed by atoms with E-state index < -0.39 is 0 Å². The van der Waals surface area contributed by atoms with Crippen molar-refractivity contribution in [3.05, 3.63) is 24.3 Å². The molecule has 14 heavy (non-hydrogen) atoms. The summed E-state index contributed by atoms with van der Waals surface area (Å²) in [6, 6.07) is 9.26. The van der Waals surface area contributed by atoms with Crippen LogP contribution >= 0.6 is 0 Å². The van der Waals surface area contributed by atoms with Crippen LogP contribution < -0.4 is 5.73 Å². The van der Waals surface area contributed by atoms with Crippen molar-refractivity contribution >= 4 is 17.6 Å². The highest BCUT2D eigenvalue weighted by Crippen LogP contribution is 2.19. The van der Waals surface area contributed by atoms with Crippen molar-refractivity contribution < 1.29 is 0 Å². The monoisotopic (exact) mass is 189 g/mol. The molecule has 2 N–H and O–H groups in total. The second kappa shape index (κ2) is 7.81. The fraction of sp³-hybridized carbons (Fsp3) is 0.273. The van der Waals surface area contributed by atoms with Crippen LogP contribution in [0.25, 0.3) is 0 Å². The van der Waals surface area contributed by atoms with Crippen LogP contribution in [0.15, 0.2) is 29.3 Å². The van der Waals surface area contributed by atoms with Gasteiger partial charge in [-0.1, -0.05) is 26.0 Å². The Bertz CT molecular complexity index is 324. The number of aliphatic imine (C=N–C) groups is 1.